The Kier molecular flexibility index (Phi) is 4.81. The Morgan fingerprint density at radius 2 is 1.92 bits per heavy atom. The van der Waals surface area contributed by atoms with Gasteiger partial charge in [0.15, 0.2) is 0 Å². The predicted octanol–water partition coefficient (Wildman–Crippen LogP) is 2.56. The Morgan fingerprint density at radius 3 is 2.23 bits per heavy atom. The van der Waals surface area contributed by atoms with Gasteiger partial charge in [-0.3, -0.25) is 0 Å². The molecule has 0 rings (SSSR count). The van der Waals surface area contributed by atoms with Gasteiger partial charge >= 0.3 is 6.09 Å². The van der Waals surface area contributed by atoms with Gasteiger partial charge in [0.1, 0.15) is 0 Å². The van der Waals surface area contributed by atoms with E-state index in [1.165, 1.54) is 0 Å². The quantitative estimate of drug-likeness (QED) is 0.737. The van der Waals surface area contributed by atoms with E-state index in [4.69, 9.17) is 4.74 Å². The van der Waals surface area contributed by atoms with Crippen LogP contribution < -0.4 is 5.32 Å². The second kappa shape index (κ2) is 5.10. The van der Waals surface area contributed by atoms with Gasteiger partial charge < -0.3 is 10.1 Å². The maximum absolute atomic E-state index is 11.1. The van der Waals surface area contributed by atoms with E-state index in [1.807, 2.05) is 0 Å². The first-order valence-electron chi connectivity index (χ1n) is 4.85. The average molecular weight is 187 g/mol. The summed E-state index contributed by atoms with van der Waals surface area (Å²) >= 11 is 0. The lowest BCUT2D eigenvalue weighted by molar-refractivity contribution is 0.136. The number of hydrogen-bond acceptors (Lipinski definition) is 2. The molecular formula is C10H21NO2. The third-order valence-electron chi connectivity index (χ3n) is 2.02. The van der Waals surface area contributed by atoms with Crippen LogP contribution in [0.5, 0.6) is 0 Å². The van der Waals surface area contributed by atoms with Crippen molar-refractivity contribution < 1.29 is 9.53 Å². The summed E-state index contributed by atoms with van der Waals surface area (Å²) in [4.78, 5) is 11.1. The second-order valence-electron chi connectivity index (χ2n) is 4.19. The fourth-order valence-corrected chi connectivity index (χ4v) is 1.25. The number of hydrogen-bond donors (Lipinski definition) is 1. The third kappa shape index (κ3) is 4.76. The molecule has 3 heteroatoms. The van der Waals surface area contributed by atoms with E-state index in [1.54, 1.807) is 6.92 Å². The summed E-state index contributed by atoms with van der Waals surface area (Å²) in [6, 6.07) is 0.173. The summed E-state index contributed by atoms with van der Waals surface area (Å²) in [5, 5.41) is 2.85. The van der Waals surface area contributed by atoms with Crippen LogP contribution in [0.3, 0.4) is 0 Å². The summed E-state index contributed by atoms with van der Waals surface area (Å²) in [6.45, 7) is 10.6. The highest BCUT2D eigenvalue weighted by Crippen LogP contribution is 2.21. The van der Waals surface area contributed by atoms with Crippen molar-refractivity contribution in [1.82, 2.24) is 5.32 Å². The van der Waals surface area contributed by atoms with Crippen molar-refractivity contribution in [2.45, 2.75) is 47.1 Å². The summed E-state index contributed by atoms with van der Waals surface area (Å²) in [6.07, 6.45) is 0.603. The average Bonchev–Trinajstić information content (AvgIpc) is 1.98. The molecule has 0 spiro atoms. The van der Waals surface area contributed by atoms with E-state index in [-0.39, 0.29) is 17.6 Å². The Balaban J connectivity index is 4.06. The molecule has 1 unspecified atom stereocenters. The molecule has 0 aromatic heterocycles. The van der Waals surface area contributed by atoms with Crippen LogP contribution in [-0.4, -0.2) is 18.7 Å². The molecule has 1 amide bonds. The van der Waals surface area contributed by atoms with Crippen LogP contribution >= 0.6 is 0 Å². The molecule has 0 aromatic carbocycles. The van der Waals surface area contributed by atoms with Gasteiger partial charge in [-0.05, 0) is 18.8 Å². The molecule has 1 N–H and O–H groups in total. The molecule has 0 heterocycles. The molecule has 78 valence electrons. The van der Waals surface area contributed by atoms with Gasteiger partial charge in [0.05, 0.1) is 6.61 Å². The minimum Gasteiger partial charge on any atom is -0.450 e. The van der Waals surface area contributed by atoms with Gasteiger partial charge in [0.25, 0.3) is 0 Å². The molecule has 0 saturated carbocycles. The summed E-state index contributed by atoms with van der Waals surface area (Å²) in [5.41, 5.74) is 0.0848. The molecule has 3 nitrogen and oxygen atoms in total. The maximum atomic E-state index is 11.1. The number of amides is 1. The molecule has 13 heavy (non-hydrogen) atoms. The van der Waals surface area contributed by atoms with E-state index in [0.29, 0.717) is 6.61 Å². The molecule has 0 fully saturated rings. The number of ether oxygens (including phenoxy) is 1. The third-order valence-corrected chi connectivity index (χ3v) is 2.02. The highest BCUT2D eigenvalue weighted by atomic mass is 16.5. The number of carbonyl (C=O) groups excluding carboxylic acids is 1. The van der Waals surface area contributed by atoms with Gasteiger partial charge in [0.2, 0.25) is 0 Å². The van der Waals surface area contributed by atoms with Crippen molar-refractivity contribution in [3.63, 3.8) is 0 Å². The number of alkyl carbamates (subject to hydrolysis) is 1. The van der Waals surface area contributed by atoms with Crippen molar-refractivity contribution >= 4 is 6.09 Å². The van der Waals surface area contributed by atoms with Crippen molar-refractivity contribution in [3.8, 4) is 0 Å². The zero-order valence-electron chi connectivity index (χ0n) is 9.31. The summed E-state index contributed by atoms with van der Waals surface area (Å²) in [5.74, 6) is 0. The minimum atomic E-state index is -0.315. The van der Waals surface area contributed by atoms with E-state index >= 15 is 0 Å². The monoisotopic (exact) mass is 187 g/mol. The lowest BCUT2D eigenvalue weighted by Crippen LogP contribution is -2.43. The molecule has 0 aromatic rings. The molecule has 0 aliphatic rings. The van der Waals surface area contributed by atoms with Crippen LogP contribution in [0, 0.1) is 5.41 Å². The van der Waals surface area contributed by atoms with Gasteiger partial charge in [-0.2, -0.15) is 0 Å². The fraction of sp³-hybridized carbons (Fsp3) is 0.900. The van der Waals surface area contributed by atoms with Gasteiger partial charge in [-0.1, -0.05) is 27.7 Å². The Morgan fingerprint density at radius 1 is 1.38 bits per heavy atom. The Bertz CT molecular complexity index is 161. The Hall–Kier alpha value is -0.730. The topological polar surface area (TPSA) is 38.3 Å². The molecule has 0 bridgehead atoms. The van der Waals surface area contributed by atoms with Crippen LogP contribution in [0.15, 0.2) is 0 Å². The molecular weight excluding hydrogens is 166 g/mol. The van der Waals surface area contributed by atoms with Crippen molar-refractivity contribution in [2.75, 3.05) is 6.61 Å². The standard InChI is InChI=1S/C10H21NO2/c1-6-8(10(3,4)5)11-9(12)13-7-2/h8H,6-7H2,1-5H3,(H,11,12). The SMILES string of the molecule is CCOC(=O)NC(CC)C(C)(C)C. The van der Waals surface area contributed by atoms with E-state index in [2.05, 4.69) is 33.0 Å². The minimum absolute atomic E-state index is 0.0848. The second-order valence-corrected chi connectivity index (χ2v) is 4.19. The van der Waals surface area contributed by atoms with Gasteiger partial charge in [0, 0.05) is 6.04 Å². The van der Waals surface area contributed by atoms with E-state index < -0.39 is 0 Å². The number of rotatable bonds is 3. The van der Waals surface area contributed by atoms with Crippen LogP contribution in [0.1, 0.15) is 41.0 Å². The lowest BCUT2D eigenvalue weighted by atomic mass is 9.85. The van der Waals surface area contributed by atoms with Crippen molar-refractivity contribution in [3.05, 3.63) is 0 Å². The predicted molar refractivity (Wildman–Crippen MR) is 53.7 cm³/mol. The van der Waals surface area contributed by atoms with Gasteiger partial charge in [-0.25, -0.2) is 4.79 Å². The zero-order chi connectivity index (χ0) is 10.5. The Labute approximate surface area is 80.8 Å². The molecule has 0 aliphatic heterocycles. The van der Waals surface area contributed by atoms with Crippen LogP contribution in [0.4, 0.5) is 4.79 Å². The fourth-order valence-electron chi connectivity index (χ4n) is 1.25. The number of carbonyl (C=O) groups is 1. The van der Waals surface area contributed by atoms with E-state index in [9.17, 15) is 4.79 Å². The van der Waals surface area contributed by atoms with Crippen LogP contribution in [0.2, 0.25) is 0 Å². The van der Waals surface area contributed by atoms with Crippen LogP contribution in [-0.2, 0) is 4.74 Å². The molecule has 0 aliphatic carbocycles. The largest absolute Gasteiger partial charge is 0.450 e. The highest BCUT2D eigenvalue weighted by molar-refractivity contribution is 5.67. The first-order valence-corrected chi connectivity index (χ1v) is 4.85. The highest BCUT2D eigenvalue weighted by Gasteiger charge is 2.24. The summed E-state index contributed by atoms with van der Waals surface area (Å²) < 4.78 is 4.82. The smallest absolute Gasteiger partial charge is 0.407 e. The number of nitrogens with one attached hydrogen (secondary N) is 1. The van der Waals surface area contributed by atoms with Crippen LogP contribution in [0.25, 0.3) is 0 Å². The zero-order valence-corrected chi connectivity index (χ0v) is 9.31. The first kappa shape index (κ1) is 12.3. The molecule has 0 radical (unpaired) electrons. The van der Waals surface area contributed by atoms with Gasteiger partial charge in [-0.15, -0.1) is 0 Å². The normalized spacial score (nSPS) is 13.6. The van der Waals surface area contributed by atoms with Crippen molar-refractivity contribution in [1.29, 1.82) is 0 Å². The van der Waals surface area contributed by atoms with Crippen molar-refractivity contribution in [2.24, 2.45) is 5.41 Å². The first-order chi connectivity index (χ1) is 5.91. The molecule has 1 atom stereocenters. The lowest BCUT2D eigenvalue weighted by Gasteiger charge is -2.30. The van der Waals surface area contributed by atoms with E-state index in [0.717, 1.165) is 6.42 Å². The summed E-state index contributed by atoms with van der Waals surface area (Å²) in [7, 11) is 0. The maximum Gasteiger partial charge on any atom is 0.407 e. The molecule has 0 saturated heterocycles.